The van der Waals surface area contributed by atoms with Gasteiger partial charge in [0.05, 0.1) is 6.42 Å². The minimum atomic E-state index is -3.43. The van der Waals surface area contributed by atoms with Gasteiger partial charge < -0.3 is 14.6 Å². The molecule has 5 nitrogen and oxygen atoms in total. The maximum absolute atomic E-state index is 12.0. The molecule has 0 aliphatic carbocycles. The second kappa shape index (κ2) is 6.48. The summed E-state index contributed by atoms with van der Waals surface area (Å²) in [6.45, 7) is 0. The van der Waals surface area contributed by atoms with Crippen molar-refractivity contribution in [2.24, 2.45) is 0 Å². The zero-order valence-electron chi connectivity index (χ0n) is 9.87. The van der Waals surface area contributed by atoms with Crippen molar-refractivity contribution in [2.75, 3.05) is 14.2 Å². The first-order valence-corrected chi connectivity index (χ1v) is 6.67. The van der Waals surface area contributed by atoms with E-state index in [2.05, 4.69) is 4.79 Å². The molecule has 0 spiro atoms. The van der Waals surface area contributed by atoms with E-state index in [-0.39, 0.29) is 5.45 Å². The van der Waals surface area contributed by atoms with Crippen molar-refractivity contribution in [3.05, 3.63) is 41.4 Å². The number of hydrogen-bond donors (Lipinski definition) is 0. The van der Waals surface area contributed by atoms with E-state index in [1.807, 2.05) is 30.3 Å². The lowest BCUT2D eigenvalue weighted by molar-refractivity contribution is -0.00614. The molecule has 6 heteroatoms. The topological polar surface area (TPSA) is 71.9 Å². The Morgan fingerprint density at radius 3 is 2.35 bits per heavy atom. The Morgan fingerprint density at radius 1 is 1.29 bits per heavy atom. The predicted molar refractivity (Wildman–Crippen MR) is 65.0 cm³/mol. The van der Waals surface area contributed by atoms with Crippen LogP contribution in [0.5, 0.6) is 0 Å². The zero-order valence-corrected chi connectivity index (χ0v) is 10.8. The van der Waals surface area contributed by atoms with E-state index >= 15 is 0 Å². The lowest BCUT2D eigenvalue weighted by Crippen LogP contribution is -2.06. The molecule has 0 fully saturated rings. The molecule has 0 aliphatic rings. The maximum atomic E-state index is 12.0. The van der Waals surface area contributed by atoms with Crippen molar-refractivity contribution < 1.29 is 18.4 Å². The van der Waals surface area contributed by atoms with Gasteiger partial charge in [0.15, 0.2) is 0 Å². The van der Waals surface area contributed by atoms with E-state index in [4.69, 9.17) is 14.6 Å². The Morgan fingerprint density at radius 2 is 1.88 bits per heavy atom. The fourth-order valence-electron chi connectivity index (χ4n) is 1.43. The molecule has 0 N–H and O–H groups in total. The van der Waals surface area contributed by atoms with E-state index in [1.54, 1.807) is 0 Å². The van der Waals surface area contributed by atoms with Crippen LogP contribution in [-0.4, -0.2) is 24.5 Å². The summed E-state index contributed by atoms with van der Waals surface area (Å²) in [5, 5.41) is 0. The molecule has 1 rings (SSSR count). The van der Waals surface area contributed by atoms with Gasteiger partial charge in [-0.2, -0.15) is 4.79 Å². The highest BCUT2D eigenvalue weighted by atomic mass is 31.2. The molecular weight excluding hydrogens is 239 g/mol. The van der Waals surface area contributed by atoms with E-state index in [0.717, 1.165) is 5.56 Å². The molecule has 0 saturated heterocycles. The number of aryl methyl sites for hydroxylation is 1. The van der Waals surface area contributed by atoms with Gasteiger partial charge in [-0.3, -0.25) is 0 Å². The molecular formula is C11H15N2O3P. The molecule has 0 amide bonds. The standard InChI is InChI=1S/C11H15N2O3P/c1-15-17(14,16-2)11(13-12)9-8-10-6-4-3-5-7-10/h3-7H,8-9H2,1-2H3. The summed E-state index contributed by atoms with van der Waals surface area (Å²) in [7, 11) is -0.904. The summed E-state index contributed by atoms with van der Waals surface area (Å²) in [6, 6.07) is 9.63. The van der Waals surface area contributed by atoms with Gasteiger partial charge in [0.25, 0.3) is 0 Å². The normalized spacial score (nSPS) is 10.9. The smallest absolute Gasteiger partial charge is 0.361 e. The third-order valence-corrected chi connectivity index (χ3v) is 4.30. The van der Waals surface area contributed by atoms with Gasteiger partial charge in [-0.1, -0.05) is 30.3 Å². The van der Waals surface area contributed by atoms with Gasteiger partial charge in [0, 0.05) is 14.2 Å². The summed E-state index contributed by atoms with van der Waals surface area (Å²) in [6.07, 6.45) is 0.927. The third-order valence-electron chi connectivity index (χ3n) is 2.39. The van der Waals surface area contributed by atoms with E-state index in [9.17, 15) is 4.57 Å². The van der Waals surface area contributed by atoms with Gasteiger partial charge in [0.1, 0.15) is 0 Å². The van der Waals surface area contributed by atoms with Gasteiger partial charge in [0.2, 0.25) is 0 Å². The monoisotopic (exact) mass is 254 g/mol. The Bertz CT molecular complexity index is 447. The van der Waals surface area contributed by atoms with Crippen LogP contribution in [0.4, 0.5) is 0 Å². The minimum Gasteiger partial charge on any atom is -0.361 e. The molecule has 0 unspecified atom stereocenters. The number of rotatable bonds is 6. The molecule has 0 atom stereocenters. The summed E-state index contributed by atoms with van der Waals surface area (Å²) < 4.78 is 21.5. The molecule has 17 heavy (non-hydrogen) atoms. The first-order valence-electron chi connectivity index (χ1n) is 5.13. The Hall–Kier alpha value is -1.25. The average Bonchev–Trinajstić information content (AvgIpc) is 2.40. The van der Waals surface area contributed by atoms with Crippen molar-refractivity contribution in [3.8, 4) is 0 Å². The first kappa shape index (κ1) is 13.8. The van der Waals surface area contributed by atoms with Crippen molar-refractivity contribution >= 4 is 13.0 Å². The van der Waals surface area contributed by atoms with Gasteiger partial charge in [-0.15, -0.1) is 0 Å². The van der Waals surface area contributed by atoms with Crippen LogP contribution < -0.4 is 0 Å². The van der Waals surface area contributed by atoms with Gasteiger partial charge in [-0.25, -0.2) is 4.57 Å². The minimum absolute atomic E-state index is 0.0337. The summed E-state index contributed by atoms with van der Waals surface area (Å²) in [4.78, 5) is 3.02. The van der Waals surface area contributed by atoms with Crippen molar-refractivity contribution in [2.45, 2.75) is 12.8 Å². The molecule has 1 aromatic rings. The van der Waals surface area contributed by atoms with E-state index < -0.39 is 7.60 Å². The highest BCUT2D eigenvalue weighted by molar-refractivity contribution is 7.71. The lowest BCUT2D eigenvalue weighted by atomic mass is 10.1. The average molecular weight is 254 g/mol. The van der Waals surface area contributed by atoms with Crippen LogP contribution in [0.2, 0.25) is 0 Å². The second-order valence-corrected chi connectivity index (χ2v) is 5.61. The molecule has 0 heterocycles. The highest BCUT2D eigenvalue weighted by Crippen LogP contribution is 2.48. The van der Waals surface area contributed by atoms with Crippen molar-refractivity contribution in [1.29, 1.82) is 0 Å². The van der Waals surface area contributed by atoms with Crippen molar-refractivity contribution in [1.82, 2.24) is 0 Å². The Balaban J connectivity index is 2.73. The predicted octanol–water partition coefficient (Wildman–Crippen LogP) is 2.73. The van der Waals surface area contributed by atoms with Crippen LogP contribution in [0.3, 0.4) is 0 Å². The van der Waals surface area contributed by atoms with Gasteiger partial charge >= 0.3 is 13.0 Å². The van der Waals surface area contributed by atoms with Crippen molar-refractivity contribution in [3.63, 3.8) is 0 Å². The molecule has 0 bridgehead atoms. The molecule has 0 aromatic heterocycles. The van der Waals surface area contributed by atoms with Crippen LogP contribution in [0, 0.1) is 0 Å². The van der Waals surface area contributed by atoms with E-state index in [1.165, 1.54) is 14.2 Å². The van der Waals surface area contributed by atoms with Crippen LogP contribution in [0.25, 0.3) is 5.53 Å². The largest absolute Gasteiger partial charge is 0.436 e. The molecule has 92 valence electrons. The Labute approximate surface area is 101 Å². The molecule has 0 saturated carbocycles. The quantitative estimate of drug-likeness (QED) is 0.339. The summed E-state index contributed by atoms with van der Waals surface area (Å²) in [5.74, 6) is 0. The van der Waals surface area contributed by atoms with Crippen LogP contribution in [0.15, 0.2) is 30.3 Å². The fraction of sp³-hybridized carbons (Fsp3) is 0.364. The zero-order chi connectivity index (χ0) is 12.7. The second-order valence-electron chi connectivity index (χ2n) is 3.36. The highest BCUT2D eigenvalue weighted by Gasteiger charge is 2.37. The van der Waals surface area contributed by atoms with Crippen LogP contribution in [-0.2, 0) is 20.0 Å². The number of hydrogen-bond acceptors (Lipinski definition) is 3. The Kier molecular flexibility index (Phi) is 5.26. The lowest BCUT2D eigenvalue weighted by Gasteiger charge is -2.08. The van der Waals surface area contributed by atoms with Crippen LogP contribution >= 0.6 is 7.60 Å². The number of benzene rings is 1. The van der Waals surface area contributed by atoms with Crippen LogP contribution in [0.1, 0.15) is 12.0 Å². The maximum Gasteiger partial charge on any atom is 0.436 e. The summed E-state index contributed by atoms with van der Waals surface area (Å²) in [5.41, 5.74) is 9.95. The van der Waals surface area contributed by atoms with Gasteiger partial charge in [-0.05, 0) is 12.0 Å². The SMILES string of the molecule is COP(=O)(OC)C(CCc1ccccc1)=[N+]=[N-]. The summed E-state index contributed by atoms with van der Waals surface area (Å²) >= 11 is 0. The van der Waals surface area contributed by atoms with E-state index in [0.29, 0.717) is 12.8 Å². The first-order chi connectivity index (χ1) is 8.16. The molecule has 0 aliphatic heterocycles. The number of nitrogens with zero attached hydrogens (tertiary/aromatic N) is 2. The fourth-order valence-corrected chi connectivity index (χ4v) is 2.49. The molecule has 1 aromatic carbocycles. The molecule has 0 radical (unpaired) electrons. The third kappa shape index (κ3) is 3.62.